The Morgan fingerprint density at radius 1 is 1.11 bits per heavy atom. The van der Waals surface area contributed by atoms with Gasteiger partial charge in [-0.05, 0) is 36.7 Å². The predicted molar refractivity (Wildman–Crippen MR) is 76.0 cm³/mol. The van der Waals surface area contributed by atoms with E-state index in [1.54, 1.807) is 0 Å². The smallest absolute Gasteiger partial charge is 0.133 e. The quantitative estimate of drug-likeness (QED) is 0.750. The lowest BCUT2D eigenvalue weighted by Gasteiger charge is -2.13. The summed E-state index contributed by atoms with van der Waals surface area (Å²) in [7, 11) is 1.97. The van der Waals surface area contributed by atoms with Gasteiger partial charge in [-0.1, -0.05) is 42.0 Å². The molecule has 0 saturated carbocycles. The van der Waals surface area contributed by atoms with Crippen LogP contribution in [0.25, 0.3) is 10.8 Å². The van der Waals surface area contributed by atoms with Crippen LogP contribution < -0.4 is 0 Å². The van der Waals surface area contributed by atoms with Crippen molar-refractivity contribution in [1.82, 2.24) is 4.90 Å². The molecule has 18 heavy (non-hydrogen) atoms. The predicted octanol–water partition coefficient (Wildman–Crippen LogP) is 2.82. The highest BCUT2D eigenvalue weighted by atomic mass is 16.1. The van der Waals surface area contributed by atoms with E-state index in [1.165, 1.54) is 21.9 Å². The highest BCUT2D eigenvalue weighted by molar-refractivity contribution is 5.83. The Labute approximate surface area is 108 Å². The third kappa shape index (κ3) is 3.17. The molecule has 2 heteroatoms. The van der Waals surface area contributed by atoms with E-state index >= 15 is 0 Å². The van der Waals surface area contributed by atoms with Crippen molar-refractivity contribution in [2.24, 2.45) is 0 Å². The van der Waals surface area contributed by atoms with E-state index in [1.807, 2.05) is 11.9 Å². The number of rotatable bonds is 5. The highest BCUT2D eigenvalue weighted by Crippen LogP contribution is 2.18. The lowest BCUT2D eigenvalue weighted by molar-refractivity contribution is -0.108. The van der Waals surface area contributed by atoms with Gasteiger partial charge in [0.25, 0.3) is 0 Å². The molecule has 2 aromatic rings. The highest BCUT2D eigenvalue weighted by Gasteiger charge is 2.00. The average Bonchev–Trinajstić information content (AvgIpc) is 2.36. The van der Waals surface area contributed by atoms with E-state index < -0.39 is 0 Å². The van der Waals surface area contributed by atoms with Gasteiger partial charge in [0.1, 0.15) is 6.29 Å². The molecule has 2 aromatic carbocycles. The number of carbonyl (C=O) groups excluding carboxylic acids is 1. The number of hydrogen-bond acceptors (Lipinski definition) is 2. The van der Waals surface area contributed by atoms with Crippen LogP contribution in [-0.4, -0.2) is 31.3 Å². The minimum absolute atomic E-state index is 0.507. The van der Waals surface area contributed by atoms with Crippen LogP contribution in [0.4, 0.5) is 0 Å². The second-order valence-corrected chi connectivity index (χ2v) is 4.86. The van der Waals surface area contributed by atoms with E-state index in [-0.39, 0.29) is 0 Å². The molecule has 0 unspecified atom stereocenters. The van der Waals surface area contributed by atoms with Crippen LogP contribution in [0.1, 0.15) is 11.1 Å². The standard InChI is InChI=1S/C16H19NO/c1-13-3-5-16-12-14(4-6-15(16)11-13)7-8-17(2)9-10-18/h3-6,10-12H,7-9H2,1-2H3. The molecule has 2 rings (SSSR count). The van der Waals surface area contributed by atoms with Gasteiger partial charge in [0, 0.05) is 6.54 Å². The minimum Gasteiger partial charge on any atom is -0.302 e. The molecule has 0 fully saturated rings. The number of benzene rings is 2. The van der Waals surface area contributed by atoms with Crippen LogP contribution in [0, 0.1) is 6.92 Å². The Bertz CT molecular complexity index is 548. The van der Waals surface area contributed by atoms with Gasteiger partial charge in [-0.15, -0.1) is 0 Å². The number of nitrogens with zero attached hydrogens (tertiary/aromatic N) is 1. The molecule has 0 amide bonds. The lowest BCUT2D eigenvalue weighted by atomic mass is 10.0. The molecule has 2 nitrogen and oxygen atoms in total. The fourth-order valence-electron chi connectivity index (χ4n) is 2.11. The summed E-state index contributed by atoms with van der Waals surface area (Å²) in [5, 5.41) is 2.58. The molecule has 0 aliphatic carbocycles. The van der Waals surface area contributed by atoms with Gasteiger partial charge in [-0.25, -0.2) is 0 Å². The zero-order chi connectivity index (χ0) is 13.0. The summed E-state index contributed by atoms with van der Waals surface area (Å²) in [5.41, 5.74) is 2.62. The van der Waals surface area contributed by atoms with E-state index in [4.69, 9.17) is 0 Å². The van der Waals surface area contributed by atoms with Crippen molar-refractivity contribution in [1.29, 1.82) is 0 Å². The molecule has 0 atom stereocenters. The fraction of sp³-hybridized carbons (Fsp3) is 0.312. The van der Waals surface area contributed by atoms with Gasteiger partial charge in [0.2, 0.25) is 0 Å². The maximum absolute atomic E-state index is 10.4. The van der Waals surface area contributed by atoms with E-state index in [9.17, 15) is 4.79 Å². The van der Waals surface area contributed by atoms with Crippen molar-refractivity contribution >= 4 is 17.1 Å². The van der Waals surface area contributed by atoms with Crippen LogP contribution >= 0.6 is 0 Å². The number of fused-ring (bicyclic) bond motifs is 1. The largest absolute Gasteiger partial charge is 0.302 e. The van der Waals surface area contributed by atoms with E-state index in [2.05, 4.69) is 43.3 Å². The molecule has 0 spiro atoms. The summed E-state index contributed by atoms with van der Waals surface area (Å²) < 4.78 is 0. The van der Waals surface area contributed by atoms with Crippen LogP contribution in [-0.2, 0) is 11.2 Å². The third-order valence-electron chi connectivity index (χ3n) is 3.23. The molecule has 94 valence electrons. The zero-order valence-corrected chi connectivity index (χ0v) is 11.0. The van der Waals surface area contributed by atoms with Crippen molar-refractivity contribution in [3.8, 4) is 0 Å². The van der Waals surface area contributed by atoms with Gasteiger partial charge in [-0.3, -0.25) is 4.90 Å². The molecule has 0 aliphatic rings. The number of aryl methyl sites for hydroxylation is 1. The van der Waals surface area contributed by atoms with Gasteiger partial charge in [0.05, 0.1) is 6.54 Å². The topological polar surface area (TPSA) is 20.3 Å². The molecule has 0 heterocycles. The Morgan fingerprint density at radius 3 is 2.61 bits per heavy atom. The summed E-state index contributed by atoms with van der Waals surface area (Å²) >= 11 is 0. The number of aldehydes is 1. The molecule has 0 aromatic heterocycles. The number of hydrogen-bond donors (Lipinski definition) is 0. The number of carbonyl (C=O) groups is 1. The van der Waals surface area contributed by atoms with Crippen molar-refractivity contribution in [2.75, 3.05) is 20.1 Å². The first kappa shape index (κ1) is 12.8. The fourth-order valence-corrected chi connectivity index (χ4v) is 2.11. The van der Waals surface area contributed by atoms with Crippen molar-refractivity contribution < 1.29 is 4.79 Å². The summed E-state index contributed by atoms with van der Waals surface area (Å²) in [5.74, 6) is 0. The molecule has 0 radical (unpaired) electrons. The summed E-state index contributed by atoms with van der Waals surface area (Å²) in [6.45, 7) is 3.53. The van der Waals surface area contributed by atoms with E-state index in [0.717, 1.165) is 19.3 Å². The molecule has 0 saturated heterocycles. The van der Waals surface area contributed by atoms with Gasteiger partial charge >= 0.3 is 0 Å². The normalized spacial score (nSPS) is 11.1. The summed E-state index contributed by atoms with van der Waals surface area (Å²) in [4.78, 5) is 12.4. The van der Waals surface area contributed by atoms with Gasteiger partial charge < -0.3 is 4.79 Å². The molecular formula is C16H19NO. The van der Waals surface area contributed by atoms with E-state index in [0.29, 0.717) is 6.54 Å². The van der Waals surface area contributed by atoms with Gasteiger partial charge in [-0.2, -0.15) is 0 Å². The first-order valence-corrected chi connectivity index (χ1v) is 6.30. The van der Waals surface area contributed by atoms with Gasteiger partial charge in [0.15, 0.2) is 0 Å². The molecule has 0 bridgehead atoms. The van der Waals surface area contributed by atoms with Crippen molar-refractivity contribution in [2.45, 2.75) is 13.3 Å². The van der Waals surface area contributed by atoms with Crippen LogP contribution in [0.3, 0.4) is 0 Å². The molecular weight excluding hydrogens is 222 g/mol. The molecule has 0 aliphatic heterocycles. The van der Waals surface area contributed by atoms with Crippen molar-refractivity contribution in [3.63, 3.8) is 0 Å². The Balaban J connectivity index is 2.10. The second-order valence-electron chi connectivity index (χ2n) is 4.86. The van der Waals surface area contributed by atoms with Crippen LogP contribution in [0.5, 0.6) is 0 Å². The molecule has 0 N–H and O–H groups in total. The first-order chi connectivity index (χ1) is 8.69. The maximum atomic E-state index is 10.4. The number of likely N-dealkylation sites (N-methyl/N-ethyl adjacent to an activating group) is 1. The van der Waals surface area contributed by atoms with Crippen LogP contribution in [0.15, 0.2) is 36.4 Å². The Morgan fingerprint density at radius 2 is 1.83 bits per heavy atom. The second kappa shape index (κ2) is 5.78. The first-order valence-electron chi connectivity index (χ1n) is 6.30. The summed E-state index contributed by atoms with van der Waals surface area (Å²) in [6.07, 6.45) is 1.93. The zero-order valence-electron chi connectivity index (χ0n) is 11.0. The monoisotopic (exact) mass is 241 g/mol. The Hall–Kier alpha value is -1.67. The average molecular weight is 241 g/mol. The third-order valence-corrected chi connectivity index (χ3v) is 3.23. The van der Waals surface area contributed by atoms with Crippen molar-refractivity contribution in [3.05, 3.63) is 47.5 Å². The SMILES string of the molecule is Cc1ccc2cc(CCN(C)CC=O)ccc2c1. The maximum Gasteiger partial charge on any atom is 0.133 e. The van der Waals surface area contributed by atoms with Crippen LogP contribution in [0.2, 0.25) is 0 Å². The minimum atomic E-state index is 0.507. The summed E-state index contributed by atoms with van der Waals surface area (Å²) in [6, 6.07) is 13.1. The lowest BCUT2D eigenvalue weighted by Crippen LogP contribution is -2.23. The Kier molecular flexibility index (Phi) is 4.11.